The average molecular weight is 268 g/mol. The molecule has 2 rings (SSSR count). The number of aliphatic carboxylic acids is 1. The van der Waals surface area contributed by atoms with E-state index in [0.29, 0.717) is 11.7 Å². The Morgan fingerprint density at radius 3 is 2.84 bits per heavy atom. The molecule has 0 aliphatic heterocycles. The second kappa shape index (κ2) is 5.79. The minimum absolute atomic E-state index is 0.0132. The zero-order chi connectivity index (χ0) is 13.8. The van der Waals surface area contributed by atoms with Crippen LogP contribution < -0.4 is 0 Å². The number of aromatic amines is 1. The maximum Gasteiger partial charge on any atom is 0.323 e. The Labute approximate surface area is 109 Å². The Bertz CT molecular complexity index is 469. The zero-order valence-corrected chi connectivity index (χ0v) is 10.6. The van der Waals surface area contributed by atoms with E-state index in [2.05, 4.69) is 15.2 Å². The van der Waals surface area contributed by atoms with Crippen LogP contribution in [0.25, 0.3) is 0 Å². The molecule has 19 heavy (non-hydrogen) atoms. The van der Waals surface area contributed by atoms with E-state index in [1.54, 1.807) is 0 Å². The van der Waals surface area contributed by atoms with Crippen LogP contribution in [0.5, 0.6) is 0 Å². The standard InChI is InChI=1S/C11H16N4O4/c1-19-5-4-15(6-8(16)17)11(18)10-12-9(13-14-10)7-2-3-7/h7H,2-6H2,1H3,(H,16,17)(H,12,13,14). The first-order valence-corrected chi connectivity index (χ1v) is 6.04. The fraction of sp³-hybridized carbons (Fsp3) is 0.636. The summed E-state index contributed by atoms with van der Waals surface area (Å²) >= 11 is 0. The van der Waals surface area contributed by atoms with Gasteiger partial charge in [-0.1, -0.05) is 0 Å². The lowest BCUT2D eigenvalue weighted by molar-refractivity contribution is -0.137. The van der Waals surface area contributed by atoms with Crippen molar-refractivity contribution in [3.63, 3.8) is 0 Å². The number of carboxylic acids is 1. The SMILES string of the molecule is COCCN(CC(=O)O)C(=O)c1n[nH]c(C2CC2)n1. The number of nitrogens with one attached hydrogen (secondary N) is 1. The highest BCUT2D eigenvalue weighted by Gasteiger charge is 2.29. The molecular weight excluding hydrogens is 252 g/mol. The molecule has 1 saturated carbocycles. The molecule has 1 aromatic heterocycles. The number of carbonyl (C=O) groups excluding carboxylic acids is 1. The third kappa shape index (κ3) is 3.50. The summed E-state index contributed by atoms with van der Waals surface area (Å²) in [4.78, 5) is 28.1. The predicted molar refractivity (Wildman–Crippen MR) is 63.8 cm³/mol. The maximum absolute atomic E-state index is 12.1. The van der Waals surface area contributed by atoms with Gasteiger partial charge in [0.15, 0.2) is 0 Å². The lowest BCUT2D eigenvalue weighted by atomic mass is 10.4. The van der Waals surface area contributed by atoms with E-state index in [-0.39, 0.29) is 19.0 Å². The molecule has 8 heteroatoms. The van der Waals surface area contributed by atoms with Crippen molar-refractivity contribution in [2.45, 2.75) is 18.8 Å². The van der Waals surface area contributed by atoms with Gasteiger partial charge in [0.05, 0.1) is 6.61 Å². The Hall–Kier alpha value is -1.96. The Balaban J connectivity index is 2.04. The molecule has 0 unspecified atom stereocenters. The van der Waals surface area contributed by atoms with Gasteiger partial charge < -0.3 is 14.7 Å². The molecule has 0 bridgehead atoms. The van der Waals surface area contributed by atoms with E-state index in [1.807, 2.05) is 0 Å². The molecule has 104 valence electrons. The summed E-state index contributed by atoms with van der Waals surface area (Å²) in [5.41, 5.74) is 0. The summed E-state index contributed by atoms with van der Waals surface area (Å²) in [5, 5.41) is 15.4. The number of hydrogen-bond acceptors (Lipinski definition) is 5. The number of H-pyrrole nitrogens is 1. The molecule has 1 aromatic rings. The fourth-order valence-corrected chi connectivity index (χ4v) is 1.67. The number of aromatic nitrogens is 3. The van der Waals surface area contributed by atoms with E-state index in [0.717, 1.165) is 17.7 Å². The van der Waals surface area contributed by atoms with Crippen LogP contribution in [-0.4, -0.2) is 63.9 Å². The molecule has 1 heterocycles. The lowest BCUT2D eigenvalue weighted by Gasteiger charge is -2.18. The summed E-state index contributed by atoms with van der Waals surface area (Å²) in [7, 11) is 1.49. The minimum Gasteiger partial charge on any atom is -0.480 e. The molecule has 0 radical (unpaired) electrons. The molecule has 8 nitrogen and oxygen atoms in total. The fourth-order valence-electron chi connectivity index (χ4n) is 1.67. The van der Waals surface area contributed by atoms with Crippen LogP contribution in [0.4, 0.5) is 0 Å². The van der Waals surface area contributed by atoms with Crippen LogP contribution >= 0.6 is 0 Å². The first-order valence-electron chi connectivity index (χ1n) is 6.04. The van der Waals surface area contributed by atoms with Gasteiger partial charge in [-0.05, 0) is 12.8 Å². The Kier molecular flexibility index (Phi) is 4.10. The smallest absolute Gasteiger partial charge is 0.323 e. The van der Waals surface area contributed by atoms with Crippen molar-refractivity contribution in [3.05, 3.63) is 11.6 Å². The van der Waals surface area contributed by atoms with Crippen molar-refractivity contribution in [1.29, 1.82) is 0 Å². The van der Waals surface area contributed by atoms with Crippen molar-refractivity contribution in [2.24, 2.45) is 0 Å². The molecule has 1 aliphatic carbocycles. The summed E-state index contributed by atoms with van der Waals surface area (Å²) in [6.45, 7) is 0.0589. The van der Waals surface area contributed by atoms with E-state index in [9.17, 15) is 9.59 Å². The second-order valence-electron chi connectivity index (χ2n) is 4.43. The molecule has 0 spiro atoms. The highest BCUT2D eigenvalue weighted by Crippen LogP contribution is 2.37. The zero-order valence-electron chi connectivity index (χ0n) is 10.6. The molecular formula is C11H16N4O4. The van der Waals surface area contributed by atoms with Crippen molar-refractivity contribution < 1.29 is 19.4 Å². The van der Waals surface area contributed by atoms with Crippen molar-refractivity contribution >= 4 is 11.9 Å². The summed E-state index contributed by atoms with van der Waals surface area (Å²) in [6.07, 6.45) is 2.09. The monoisotopic (exact) mass is 268 g/mol. The summed E-state index contributed by atoms with van der Waals surface area (Å²) < 4.78 is 4.86. The lowest BCUT2D eigenvalue weighted by Crippen LogP contribution is -2.38. The number of carbonyl (C=O) groups is 2. The number of methoxy groups -OCH3 is 1. The number of hydrogen-bond donors (Lipinski definition) is 2. The van der Waals surface area contributed by atoms with Gasteiger partial charge in [-0.25, -0.2) is 4.98 Å². The second-order valence-corrected chi connectivity index (χ2v) is 4.43. The van der Waals surface area contributed by atoms with Crippen LogP contribution in [0, 0.1) is 0 Å². The van der Waals surface area contributed by atoms with Crippen LogP contribution in [0.1, 0.15) is 35.2 Å². The number of ether oxygens (including phenoxy) is 1. The van der Waals surface area contributed by atoms with Gasteiger partial charge in [0.25, 0.3) is 5.91 Å². The molecule has 0 atom stereocenters. The summed E-state index contributed by atoms with van der Waals surface area (Å²) in [6, 6.07) is 0. The molecule has 2 N–H and O–H groups in total. The third-order valence-electron chi connectivity index (χ3n) is 2.84. The first kappa shape index (κ1) is 13.5. The highest BCUT2D eigenvalue weighted by molar-refractivity contribution is 5.92. The van der Waals surface area contributed by atoms with E-state index < -0.39 is 18.4 Å². The third-order valence-corrected chi connectivity index (χ3v) is 2.84. The van der Waals surface area contributed by atoms with Crippen molar-refractivity contribution in [3.8, 4) is 0 Å². The van der Waals surface area contributed by atoms with Crippen molar-refractivity contribution in [1.82, 2.24) is 20.1 Å². The van der Waals surface area contributed by atoms with E-state index in [1.165, 1.54) is 7.11 Å². The van der Waals surface area contributed by atoms with Gasteiger partial charge in [0.1, 0.15) is 12.4 Å². The Morgan fingerprint density at radius 2 is 2.26 bits per heavy atom. The first-order chi connectivity index (χ1) is 9.11. The number of carboxylic acid groups (broad SMARTS) is 1. The van der Waals surface area contributed by atoms with Crippen molar-refractivity contribution in [2.75, 3.05) is 26.8 Å². The molecule has 1 aliphatic rings. The minimum atomic E-state index is -1.08. The van der Waals surface area contributed by atoms with Gasteiger partial charge in [-0.3, -0.25) is 14.7 Å². The molecule has 1 amide bonds. The van der Waals surface area contributed by atoms with Crippen LogP contribution in [0.2, 0.25) is 0 Å². The summed E-state index contributed by atoms with van der Waals surface area (Å²) in [5.74, 6) is -0.504. The van der Waals surface area contributed by atoms with Gasteiger partial charge in [-0.2, -0.15) is 0 Å². The van der Waals surface area contributed by atoms with E-state index >= 15 is 0 Å². The van der Waals surface area contributed by atoms with Gasteiger partial charge >= 0.3 is 5.97 Å². The van der Waals surface area contributed by atoms with Crippen LogP contribution in [0.15, 0.2) is 0 Å². The Morgan fingerprint density at radius 1 is 1.53 bits per heavy atom. The normalized spacial score (nSPS) is 14.4. The molecule has 0 aromatic carbocycles. The number of rotatable bonds is 7. The average Bonchev–Trinajstić information content (AvgIpc) is 3.11. The van der Waals surface area contributed by atoms with E-state index in [4.69, 9.17) is 9.84 Å². The number of nitrogens with zero attached hydrogens (tertiary/aromatic N) is 3. The van der Waals surface area contributed by atoms with Gasteiger partial charge in [-0.15, -0.1) is 5.10 Å². The highest BCUT2D eigenvalue weighted by atomic mass is 16.5. The topological polar surface area (TPSA) is 108 Å². The van der Waals surface area contributed by atoms with Gasteiger partial charge in [0.2, 0.25) is 5.82 Å². The predicted octanol–water partition coefficient (Wildman–Crippen LogP) is -0.145. The maximum atomic E-state index is 12.1. The van der Waals surface area contributed by atoms with Crippen LogP contribution in [0.3, 0.4) is 0 Å². The van der Waals surface area contributed by atoms with Crippen LogP contribution in [-0.2, 0) is 9.53 Å². The molecule has 0 saturated heterocycles. The van der Waals surface area contributed by atoms with Gasteiger partial charge in [0, 0.05) is 19.6 Å². The number of amides is 1. The quantitative estimate of drug-likeness (QED) is 0.712. The largest absolute Gasteiger partial charge is 0.480 e. The molecule has 1 fully saturated rings.